The van der Waals surface area contributed by atoms with Crippen LogP contribution in [-0.4, -0.2) is 27.4 Å². The first-order chi connectivity index (χ1) is 12.1. The van der Waals surface area contributed by atoms with E-state index in [0.29, 0.717) is 5.56 Å². The number of pyridine rings is 1. The average molecular weight is 337 g/mol. The van der Waals surface area contributed by atoms with Crippen molar-refractivity contribution in [3.05, 3.63) is 63.3 Å². The third-order valence-electron chi connectivity index (χ3n) is 4.57. The van der Waals surface area contributed by atoms with E-state index < -0.39 is 0 Å². The fourth-order valence-corrected chi connectivity index (χ4v) is 3.15. The summed E-state index contributed by atoms with van der Waals surface area (Å²) in [4.78, 5) is 33.7. The largest absolute Gasteiger partial charge is 0.345 e. The van der Waals surface area contributed by atoms with Gasteiger partial charge in [0.1, 0.15) is 0 Å². The first kappa shape index (κ1) is 15.6. The van der Waals surface area contributed by atoms with Crippen molar-refractivity contribution in [1.29, 1.82) is 0 Å². The third kappa shape index (κ3) is 3.06. The molecule has 3 heterocycles. The molecule has 1 amide bonds. The van der Waals surface area contributed by atoms with Crippen LogP contribution in [0.3, 0.4) is 0 Å². The molecule has 4 N–H and O–H groups in total. The van der Waals surface area contributed by atoms with Crippen molar-refractivity contribution >= 4 is 16.9 Å². The maximum atomic E-state index is 12.6. The highest BCUT2D eigenvalue weighted by molar-refractivity contribution is 5.94. The van der Waals surface area contributed by atoms with Gasteiger partial charge in [-0.15, -0.1) is 0 Å². The smallest absolute Gasteiger partial charge is 0.323 e. The lowest BCUT2D eigenvalue weighted by Crippen LogP contribution is -2.28. The Balaban J connectivity index is 1.53. The van der Waals surface area contributed by atoms with Gasteiger partial charge in [0.25, 0.3) is 5.91 Å². The summed E-state index contributed by atoms with van der Waals surface area (Å²) in [7, 11) is 0. The number of carbonyl (C=O) groups is 1. The fourth-order valence-electron chi connectivity index (χ4n) is 3.15. The van der Waals surface area contributed by atoms with E-state index in [1.807, 2.05) is 31.2 Å². The van der Waals surface area contributed by atoms with Gasteiger partial charge in [0.05, 0.1) is 28.3 Å². The fraction of sp³-hybridized carbons (Fsp3) is 0.278. The van der Waals surface area contributed by atoms with Gasteiger partial charge in [-0.2, -0.15) is 0 Å². The molecule has 0 saturated carbocycles. The Kier molecular flexibility index (Phi) is 3.85. The second kappa shape index (κ2) is 6.18. The highest BCUT2D eigenvalue weighted by Crippen LogP contribution is 2.18. The first-order valence-electron chi connectivity index (χ1n) is 8.31. The number of hydrogen-bond donors (Lipinski definition) is 4. The molecule has 128 valence electrons. The van der Waals surface area contributed by atoms with Gasteiger partial charge in [0.15, 0.2) is 0 Å². The quantitative estimate of drug-likeness (QED) is 0.580. The van der Waals surface area contributed by atoms with E-state index in [1.165, 1.54) is 0 Å². The van der Waals surface area contributed by atoms with E-state index in [-0.39, 0.29) is 17.6 Å². The Morgan fingerprint density at radius 2 is 2.08 bits per heavy atom. The zero-order valence-electron chi connectivity index (χ0n) is 13.8. The molecule has 7 nitrogen and oxygen atoms in total. The van der Waals surface area contributed by atoms with Crippen molar-refractivity contribution in [3.63, 3.8) is 0 Å². The van der Waals surface area contributed by atoms with Crippen molar-refractivity contribution in [2.24, 2.45) is 0 Å². The molecule has 0 aliphatic carbocycles. The maximum absolute atomic E-state index is 12.6. The molecule has 0 saturated heterocycles. The van der Waals surface area contributed by atoms with Crippen molar-refractivity contribution < 1.29 is 4.79 Å². The van der Waals surface area contributed by atoms with E-state index in [2.05, 4.69) is 25.6 Å². The van der Waals surface area contributed by atoms with E-state index in [9.17, 15) is 9.59 Å². The number of nitrogens with one attached hydrogen (secondary N) is 4. The third-order valence-corrected chi connectivity index (χ3v) is 4.57. The Morgan fingerprint density at radius 1 is 1.24 bits per heavy atom. The average Bonchev–Trinajstić information content (AvgIpc) is 3.00. The van der Waals surface area contributed by atoms with Gasteiger partial charge in [0.2, 0.25) is 0 Å². The minimum Gasteiger partial charge on any atom is -0.345 e. The van der Waals surface area contributed by atoms with Gasteiger partial charge in [-0.3, -0.25) is 9.78 Å². The summed E-state index contributed by atoms with van der Waals surface area (Å²) in [6.45, 7) is 3.58. The Labute approximate surface area is 143 Å². The lowest BCUT2D eigenvalue weighted by Gasteiger charge is -2.18. The van der Waals surface area contributed by atoms with Crippen LogP contribution in [0.25, 0.3) is 11.0 Å². The molecule has 0 radical (unpaired) electrons. The molecule has 25 heavy (non-hydrogen) atoms. The monoisotopic (exact) mass is 337 g/mol. The van der Waals surface area contributed by atoms with Gasteiger partial charge in [-0.25, -0.2) is 4.79 Å². The number of imidazole rings is 1. The topological polar surface area (TPSA) is 103 Å². The predicted molar refractivity (Wildman–Crippen MR) is 94.4 cm³/mol. The highest BCUT2D eigenvalue weighted by atomic mass is 16.2. The molecule has 0 bridgehead atoms. The predicted octanol–water partition coefficient (Wildman–Crippen LogP) is 1.39. The van der Waals surface area contributed by atoms with Crippen LogP contribution in [0.1, 0.15) is 40.1 Å². The number of fused-ring (bicyclic) bond motifs is 2. The molecular formula is C18H19N5O2. The number of nitrogens with zero attached hydrogens (tertiary/aromatic N) is 1. The second-order valence-electron chi connectivity index (χ2n) is 6.34. The van der Waals surface area contributed by atoms with E-state index in [4.69, 9.17) is 0 Å². The summed E-state index contributed by atoms with van der Waals surface area (Å²) in [5.74, 6) is -0.149. The van der Waals surface area contributed by atoms with E-state index in [0.717, 1.165) is 47.4 Å². The molecular weight excluding hydrogens is 318 g/mol. The van der Waals surface area contributed by atoms with Crippen LogP contribution in [0, 0.1) is 0 Å². The Hall–Kier alpha value is -2.93. The van der Waals surface area contributed by atoms with Crippen molar-refractivity contribution in [3.8, 4) is 0 Å². The molecule has 1 aliphatic rings. The number of carbonyl (C=O) groups excluding carboxylic acids is 1. The normalized spacial score (nSPS) is 14.9. The van der Waals surface area contributed by atoms with Crippen LogP contribution in [0.2, 0.25) is 0 Å². The van der Waals surface area contributed by atoms with Crippen LogP contribution in [0.15, 0.2) is 35.3 Å². The number of H-pyrrole nitrogens is 2. The number of hydrogen-bond acceptors (Lipinski definition) is 4. The van der Waals surface area contributed by atoms with Crippen LogP contribution >= 0.6 is 0 Å². The van der Waals surface area contributed by atoms with Crippen LogP contribution in [-0.2, 0) is 13.0 Å². The van der Waals surface area contributed by atoms with Crippen molar-refractivity contribution in [2.75, 3.05) is 6.54 Å². The van der Waals surface area contributed by atoms with Crippen molar-refractivity contribution in [1.82, 2.24) is 25.6 Å². The molecule has 0 spiro atoms. The van der Waals surface area contributed by atoms with Crippen molar-refractivity contribution in [2.45, 2.75) is 25.9 Å². The molecule has 1 unspecified atom stereocenters. The summed E-state index contributed by atoms with van der Waals surface area (Å²) < 4.78 is 0. The summed E-state index contributed by atoms with van der Waals surface area (Å²) in [5.41, 5.74) is 4.88. The summed E-state index contributed by atoms with van der Waals surface area (Å²) in [5, 5.41) is 6.26. The summed E-state index contributed by atoms with van der Waals surface area (Å²) in [6.07, 6.45) is 2.51. The molecule has 1 atom stereocenters. The number of rotatable bonds is 3. The summed E-state index contributed by atoms with van der Waals surface area (Å²) >= 11 is 0. The Bertz CT molecular complexity index is 1000. The summed E-state index contributed by atoms with van der Waals surface area (Å²) in [6, 6.07) is 7.34. The standard InChI is InChI=1S/C18H19N5O2/c1-10(11-2-3-14-15(7-11)23-18(25)22-14)21-17(24)13-6-12-4-5-19-9-16(12)20-8-13/h2-3,6-8,10,19H,4-5,9H2,1H3,(H,21,24)(H2,22,23,25). The van der Waals surface area contributed by atoms with Crippen LogP contribution < -0.4 is 16.3 Å². The molecule has 7 heteroatoms. The second-order valence-corrected chi connectivity index (χ2v) is 6.34. The molecule has 3 aromatic rings. The number of aromatic nitrogens is 3. The van der Waals surface area contributed by atoms with Gasteiger partial charge in [-0.1, -0.05) is 6.07 Å². The molecule has 1 aromatic carbocycles. The maximum Gasteiger partial charge on any atom is 0.323 e. The zero-order valence-corrected chi connectivity index (χ0v) is 13.8. The van der Waals surface area contributed by atoms with Gasteiger partial charge >= 0.3 is 5.69 Å². The SMILES string of the molecule is CC(NC(=O)c1cnc2c(c1)CCNC2)c1ccc2[nH]c(=O)[nH]c2c1. The lowest BCUT2D eigenvalue weighted by molar-refractivity contribution is 0.0939. The van der Waals surface area contributed by atoms with E-state index in [1.54, 1.807) is 6.20 Å². The Morgan fingerprint density at radius 3 is 2.96 bits per heavy atom. The number of amides is 1. The minimum atomic E-state index is -0.238. The molecule has 1 aliphatic heterocycles. The van der Waals surface area contributed by atoms with Crippen LogP contribution in [0.4, 0.5) is 0 Å². The zero-order chi connectivity index (χ0) is 17.4. The van der Waals surface area contributed by atoms with Gasteiger partial charge in [0, 0.05) is 12.7 Å². The molecule has 4 rings (SSSR count). The minimum absolute atomic E-state index is 0.149. The van der Waals surface area contributed by atoms with Crippen LogP contribution in [0.5, 0.6) is 0 Å². The molecule has 0 fully saturated rings. The lowest BCUT2D eigenvalue weighted by atomic mass is 10.0. The van der Waals surface area contributed by atoms with Gasteiger partial charge < -0.3 is 20.6 Å². The number of aromatic amines is 2. The van der Waals surface area contributed by atoms with E-state index >= 15 is 0 Å². The highest BCUT2D eigenvalue weighted by Gasteiger charge is 2.16. The molecule has 2 aromatic heterocycles. The first-order valence-corrected chi connectivity index (χ1v) is 8.31. The number of benzene rings is 1. The van der Waals surface area contributed by atoms with Gasteiger partial charge in [-0.05, 0) is 49.2 Å².